The average Bonchev–Trinajstić information content (AvgIpc) is 3.87. The van der Waals surface area contributed by atoms with Crippen LogP contribution >= 0.6 is 0 Å². The van der Waals surface area contributed by atoms with Crippen molar-refractivity contribution in [2.24, 2.45) is 0 Å². The van der Waals surface area contributed by atoms with Crippen LogP contribution in [0, 0.1) is 35.8 Å². The molecule has 0 saturated carbocycles. The fourth-order valence-corrected chi connectivity index (χ4v) is 10.2. The maximum Gasteiger partial charge on any atom is 0.198 e. The minimum Gasteiger partial charge on any atom is -0.310 e. The Morgan fingerprint density at radius 3 is 1.26 bits per heavy atom. The molecule has 2 heterocycles. The predicted octanol–water partition coefficient (Wildman–Crippen LogP) is 18.0. The van der Waals surface area contributed by atoms with Crippen molar-refractivity contribution < 1.29 is 0 Å². The molecule has 12 rings (SSSR count). The molecule has 0 bridgehead atoms. The summed E-state index contributed by atoms with van der Waals surface area (Å²) in [6, 6.07) is 87.4. The molecule has 10 aromatic carbocycles. The Kier molecular flexibility index (Phi) is 12.3. The third-order valence-electron chi connectivity index (χ3n) is 13.7. The molecule has 358 valence electrons. The van der Waals surface area contributed by atoms with Crippen LogP contribution in [-0.4, -0.2) is 14.5 Å². The van der Waals surface area contributed by atoms with Crippen LogP contribution in [0.4, 0.5) is 45.5 Å². The normalized spacial score (nSPS) is 10.8. The van der Waals surface area contributed by atoms with Gasteiger partial charge in [-0.15, -0.1) is 0 Å². The number of nitriles is 2. The molecule has 9 nitrogen and oxygen atoms in total. The Morgan fingerprint density at radius 2 is 0.805 bits per heavy atom. The molecule has 0 N–H and O–H groups in total. The van der Waals surface area contributed by atoms with Crippen molar-refractivity contribution in [2.45, 2.75) is 0 Å². The van der Waals surface area contributed by atoms with Crippen molar-refractivity contribution in [2.75, 3.05) is 9.80 Å². The first kappa shape index (κ1) is 46.7. The first-order valence-electron chi connectivity index (χ1n) is 24.8. The van der Waals surface area contributed by atoms with Gasteiger partial charge in [0.25, 0.3) is 0 Å². The summed E-state index contributed by atoms with van der Waals surface area (Å²) in [5, 5.41) is 23.8. The summed E-state index contributed by atoms with van der Waals surface area (Å²) in [6.07, 6.45) is 0. The van der Waals surface area contributed by atoms with Crippen molar-refractivity contribution in [1.29, 1.82) is 10.5 Å². The van der Waals surface area contributed by atoms with Crippen LogP contribution in [0.3, 0.4) is 0 Å². The Morgan fingerprint density at radius 1 is 0.390 bits per heavy atom. The van der Waals surface area contributed by atoms with Gasteiger partial charge >= 0.3 is 0 Å². The van der Waals surface area contributed by atoms with E-state index in [-0.39, 0.29) is 17.0 Å². The second kappa shape index (κ2) is 20.3. The van der Waals surface area contributed by atoms with Gasteiger partial charge in [-0.3, -0.25) is 0 Å². The minimum atomic E-state index is 0.239. The molecule has 12 aromatic rings. The number of fused-ring (bicyclic) bond motifs is 3. The Bertz CT molecular complexity index is 4040. The third kappa shape index (κ3) is 8.71. The van der Waals surface area contributed by atoms with E-state index >= 15 is 0 Å². The Hall–Kier alpha value is -11.4. The molecular weight excluding hydrogens is 943 g/mol. The second-order valence-corrected chi connectivity index (χ2v) is 18.2. The van der Waals surface area contributed by atoms with E-state index in [2.05, 4.69) is 182 Å². The smallest absolute Gasteiger partial charge is 0.198 e. The number of para-hydroxylation sites is 6. The number of hydrogen-bond acceptors (Lipinski definition) is 6. The van der Waals surface area contributed by atoms with E-state index in [1.165, 1.54) is 0 Å². The van der Waals surface area contributed by atoms with Crippen molar-refractivity contribution in [3.05, 3.63) is 283 Å². The van der Waals surface area contributed by atoms with E-state index in [0.717, 1.165) is 67.2 Å². The van der Waals surface area contributed by atoms with Gasteiger partial charge in [-0.25, -0.2) is 19.7 Å². The molecule has 2 aromatic heterocycles. The molecule has 0 saturated heterocycles. The van der Waals surface area contributed by atoms with E-state index in [0.29, 0.717) is 45.0 Å². The van der Waals surface area contributed by atoms with E-state index in [9.17, 15) is 10.5 Å². The second-order valence-electron chi connectivity index (χ2n) is 18.2. The topological polar surface area (TPSA) is 93.5 Å². The fourth-order valence-electron chi connectivity index (χ4n) is 10.2. The fraction of sp³-hybridized carbons (Fsp3) is 0. The number of benzene rings is 10. The third-order valence-corrected chi connectivity index (χ3v) is 13.7. The van der Waals surface area contributed by atoms with Crippen molar-refractivity contribution >= 4 is 67.3 Å². The molecule has 0 aliphatic carbocycles. The molecule has 0 radical (unpaired) electrons. The standard InChI is InChI=1S/C68H41N9/c1-71-61-29-17-15-27-57(61)63-43-64(74-68(73-63)58-28-16-18-30-62(58)72-2)67-48(44-69)39-47(40-49(67)45-70)46-31-33-54(34-32-46)77-65-37-35-55(75(50-19-7-3-8-20-50)51-21-9-4-10-22-51)41-59(65)60-42-56(36-38-66(60)77)76(52-23-11-5-12-24-52)53-25-13-6-14-26-53/h3-43H. The monoisotopic (exact) mass is 983 g/mol. The van der Waals surface area contributed by atoms with E-state index in [1.54, 1.807) is 60.7 Å². The van der Waals surface area contributed by atoms with Crippen molar-refractivity contribution in [3.63, 3.8) is 0 Å². The molecule has 0 atom stereocenters. The van der Waals surface area contributed by atoms with Crippen LogP contribution in [-0.2, 0) is 0 Å². The van der Waals surface area contributed by atoms with E-state index in [4.69, 9.17) is 23.1 Å². The number of aromatic nitrogens is 3. The van der Waals surface area contributed by atoms with Crippen LogP contribution in [0.5, 0.6) is 0 Å². The molecule has 0 fully saturated rings. The van der Waals surface area contributed by atoms with Gasteiger partial charge in [-0.2, -0.15) is 10.5 Å². The summed E-state index contributed by atoms with van der Waals surface area (Å²) in [6.45, 7) is 15.8. The molecule has 0 aliphatic rings. The summed E-state index contributed by atoms with van der Waals surface area (Å²) in [4.78, 5) is 21.8. The molecule has 0 aliphatic heterocycles. The summed E-state index contributed by atoms with van der Waals surface area (Å²) in [5.41, 5.74) is 14.0. The summed E-state index contributed by atoms with van der Waals surface area (Å²) in [5.74, 6) is 0.239. The maximum absolute atomic E-state index is 10.9. The van der Waals surface area contributed by atoms with E-state index in [1.807, 2.05) is 42.5 Å². The molecule has 9 heteroatoms. The van der Waals surface area contributed by atoms with Gasteiger partial charge in [0.15, 0.2) is 11.4 Å². The quantitative estimate of drug-likeness (QED) is 0.120. The van der Waals surface area contributed by atoms with Crippen molar-refractivity contribution in [3.8, 4) is 62.9 Å². The zero-order valence-electron chi connectivity index (χ0n) is 41.2. The highest BCUT2D eigenvalue weighted by molar-refractivity contribution is 6.12. The highest BCUT2D eigenvalue weighted by Crippen LogP contribution is 2.44. The lowest BCUT2D eigenvalue weighted by molar-refractivity contribution is 1.18. The van der Waals surface area contributed by atoms with Crippen LogP contribution in [0.15, 0.2) is 249 Å². The number of rotatable bonds is 11. The zero-order valence-corrected chi connectivity index (χ0v) is 41.2. The van der Waals surface area contributed by atoms with Crippen LogP contribution < -0.4 is 9.80 Å². The first-order chi connectivity index (χ1) is 38.0. The van der Waals surface area contributed by atoms with Gasteiger partial charge in [-0.05, 0) is 126 Å². The Balaban J connectivity index is 0.998. The summed E-state index contributed by atoms with van der Waals surface area (Å²) >= 11 is 0. The van der Waals surface area contributed by atoms with E-state index < -0.39 is 0 Å². The van der Waals surface area contributed by atoms with Crippen LogP contribution in [0.2, 0.25) is 0 Å². The van der Waals surface area contributed by atoms with Gasteiger partial charge in [0.05, 0.1) is 58.8 Å². The van der Waals surface area contributed by atoms with Gasteiger partial charge in [0.1, 0.15) is 5.82 Å². The zero-order chi connectivity index (χ0) is 52.2. The van der Waals surface area contributed by atoms with Crippen LogP contribution in [0.25, 0.3) is 82.2 Å². The lowest BCUT2D eigenvalue weighted by Gasteiger charge is -2.26. The average molecular weight is 984 g/mol. The molecule has 77 heavy (non-hydrogen) atoms. The Labute approximate surface area is 445 Å². The largest absolute Gasteiger partial charge is 0.310 e. The number of anilines is 6. The molecule has 0 spiro atoms. The van der Waals surface area contributed by atoms with Crippen molar-refractivity contribution in [1.82, 2.24) is 14.5 Å². The van der Waals surface area contributed by atoms with Gasteiger partial charge in [0.2, 0.25) is 0 Å². The highest BCUT2D eigenvalue weighted by Gasteiger charge is 2.23. The highest BCUT2D eigenvalue weighted by atomic mass is 15.1. The SMILES string of the molecule is [C-]#[N+]c1ccccc1-c1cc(-c2c(C#N)cc(-c3ccc(-n4c5ccc(N(c6ccccc6)c6ccccc6)cc5c5cc(N(c6ccccc6)c6ccccc6)ccc54)cc3)cc2C#N)nc(-c2ccccc2[N+]#[C-])n1. The van der Waals surface area contributed by atoms with Crippen LogP contribution in [0.1, 0.15) is 11.1 Å². The predicted molar refractivity (Wildman–Crippen MR) is 309 cm³/mol. The summed E-state index contributed by atoms with van der Waals surface area (Å²) < 4.78 is 2.29. The number of hydrogen-bond donors (Lipinski definition) is 0. The summed E-state index contributed by atoms with van der Waals surface area (Å²) in [7, 11) is 0. The molecular formula is C68H41N9. The first-order valence-corrected chi connectivity index (χ1v) is 24.8. The lowest BCUT2D eigenvalue weighted by atomic mass is 9.92. The number of nitrogens with zero attached hydrogens (tertiary/aromatic N) is 9. The molecule has 0 unspecified atom stereocenters. The van der Waals surface area contributed by atoms with Gasteiger partial charge in [-0.1, -0.05) is 133 Å². The van der Waals surface area contributed by atoms with Gasteiger partial charge < -0.3 is 14.4 Å². The minimum absolute atomic E-state index is 0.239. The lowest BCUT2D eigenvalue weighted by Crippen LogP contribution is -2.09. The maximum atomic E-state index is 10.9. The van der Waals surface area contributed by atoms with Gasteiger partial charge in [0, 0.05) is 67.3 Å². The molecule has 0 amide bonds.